The summed E-state index contributed by atoms with van der Waals surface area (Å²) in [6, 6.07) is 6.90. The van der Waals surface area contributed by atoms with Crippen LogP contribution in [0.1, 0.15) is 24.0 Å². The van der Waals surface area contributed by atoms with Crippen molar-refractivity contribution >= 4 is 5.65 Å². The Balaban J connectivity index is 1.31. The van der Waals surface area contributed by atoms with Gasteiger partial charge in [0.05, 0.1) is 5.56 Å². The van der Waals surface area contributed by atoms with Gasteiger partial charge in [0.25, 0.3) is 0 Å². The van der Waals surface area contributed by atoms with Gasteiger partial charge in [0.15, 0.2) is 0 Å². The number of alkyl halides is 3. The van der Waals surface area contributed by atoms with Gasteiger partial charge in [-0.1, -0.05) is 6.07 Å². The summed E-state index contributed by atoms with van der Waals surface area (Å²) in [7, 11) is 0. The molecule has 1 N–H and O–H groups in total. The summed E-state index contributed by atoms with van der Waals surface area (Å²) < 4.78 is 59.1. The highest BCUT2D eigenvalue weighted by Crippen LogP contribution is 2.35. The minimum atomic E-state index is -4.74. The molecule has 1 aliphatic rings. The molecule has 0 saturated heterocycles. The Bertz CT molecular complexity index is 948. The number of halogens is 4. The number of benzene rings is 1. The maximum absolute atomic E-state index is 13.3. The molecule has 4 rings (SSSR count). The van der Waals surface area contributed by atoms with E-state index in [2.05, 4.69) is 10.3 Å². The maximum Gasteiger partial charge on any atom is 0.419 e. The third-order valence-corrected chi connectivity index (χ3v) is 4.72. The Hall–Kier alpha value is -2.61. The molecule has 0 atom stereocenters. The van der Waals surface area contributed by atoms with Crippen molar-refractivity contribution in [3.63, 3.8) is 0 Å². The fraction of sp³-hybridized carbons (Fsp3) is 0.316. The highest BCUT2D eigenvalue weighted by atomic mass is 19.4. The fourth-order valence-electron chi connectivity index (χ4n) is 3.22. The molecule has 3 aromatic rings. The number of hydrogen-bond acceptors (Lipinski definition) is 3. The van der Waals surface area contributed by atoms with Crippen molar-refractivity contribution < 1.29 is 22.3 Å². The van der Waals surface area contributed by atoms with Crippen LogP contribution in [0.5, 0.6) is 5.75 Å². The van der Waals surface area contributed by atoms with Crippen LogP contribution in [-0.4, -0.2) is 21.5 Å². The highest BCUT2D eigenvalue weighted by molar-refractivity contribution is 5.47. The van der Waals surface area contributed by atoms with Crippen molar-refractivity contribution in [2.45, 2.75) is 37.7 Å². The van der Waals surface area contributed by atoms with Gasteiger partial charge < -0.3 is 14.5 Å². The van der Waals surface area contributed by atoms with E-state index in [0.717, 1.165) is 23.3 Å². The minimum Gasteiger partial charge on any atom is -0.490 e. The van der Waals surface area contributed by atoms with E-state index in [4.69, 9.17) is 4.74 Å². The monoisotopic (exact) mass is 379 g/mol. The number of aromatic nitrogens is 2. The average Bonchev–Trinajstić information content (AvgIpc) is 3.06. The van der Waals surface area contributed by atoms with Crippen molar-refractivity contribution in [3.8, 4) is 5.75 Å². The maximum atomic E-state index is 13.3. The van der Waals surface area contributed by atoms with Crippen LogP contribution in [0.25, 0.3) is 5.65 Å². The lowest BCUT2D eigenvalue weighted by molar-refractivity contribution is -0.140. The third-order valence-electron chi connectivity index (χ3n) is 4.72. The Morgan fingerprint density at radius 2 is 2.00 bits per heavy atom. The lowest BCUT2D eigenvalue weighted by Gasteiger charge is -2.36. The average molecular weight is 379 g/mol. The zero-order valence-corrected chi connectivity index (χ0v) is 14.2. The quantitative estimate of drug-likeness (QED) is 0.676. The molecule has 0 radical (unpaired) electrons. The first-order chi connectivity index (χ1) is 12.9. The van der Waals surface area contributed by atoms with Crippen molar-refractivity contribution in [2.75, 3.05) is 0 Å². The van der Waals surface area contributed by atoms with Gasteiger partial charge in [0.2, 0.25) is 0 Å². The summed E-state index contributed by atoms with van der Waals surface area (Å²) >= 11 is 0. The van der Waals surface area contributed by atoms with Crippen molar-refractivity contribution in [2.24, 2.45) is 0 Å². The molecule has 142 valence electrons. The van der Waals surface area contributed by atoms with Crippen LogP contribution in [0.4, 0.5) is 17.6 Å². The predicted molar refractivity (Wildman–Crippen MR) is 90.9 cm³/mol. The summed E-state index contributed by atoms with van der Waals surface area (Å²) in [6.45, 7) is 0.646. The number of pyridine rings is 1. The van der Waals surface area contributed by atoms with E-state index >= 15 is 0 Å². The highest BCUT2D eigenvalue weighted by Gasteiger charge is 2.35. The third kappa shape index (κ3) is 3.75. The zero-order valence-electron chi connectivity index (χ0n) is 14.2. The van der Waals surface area contributed by atoms with E-state index in [-0.39, 0.29) is 17.9 Å². The lowest BCUT2D eigenvalue weighted by atomic mass is 9.89. The van der Waals surface area contributed by atoms with Crippen LogP contribution in [0, 0.1) is 5.82 Å². The number of ether oxygens (including phenoxy) is 1. The first-order valence-corrected chi connectivity index (χ1v) is 8.57. The van der Waals surface area contributed by atoms with Crippen LogP contribution in [0.2, 0.25) is 0 Å². The van der Waals surface area contributed by atoms with E-state index < -0.39 is 17.6 Å². The fourth-order valence-corrected chi connectivity index (χ4v) is 3.22. The summed E-state index contributed by atoms with van der Waals surface area (Å²) in [5, 5.41) is 3.40. The smallest absolute Gasteiger partial charge is 0.419 e. The second kappa shape index (κ2) is 6.84. The molecule has 1 aromatic carbocycles. The Kier molecular flexibility index (Phi) is 4.51. The van der Waals surface area contributed by atoms with E-state index in [0.29, 0.717) is 19.4 Å². The normalized spacial score (nSPS) is 19.9. The van der Waals surface area contributed by atoms with E-state index in [9.17, 15) is 17.6 Å². The van der Waals surface area contributed by atoms with Gasteiger partial charge in [-0.25, -0.2) is 9.37 Å². The van der Waals surface area contributed by atoms with Crippen molar-refractivity contribution in [3.05, 3.63) is 65.9 Å². The van der Waals surface area contributed by atoms with Gasteiger partial charge in [-0.2, -0.15) is 13.2 Å². The van der Waals surface area contributed by atoms with Gasteiger partial charge in [0.1, 0.15) is 23.3 Å². The molecule has 1 aliphatic carbocycles. The summed E-state index contributed by atoms with van der Waals surface area (Å²) in [5.41, 5.74) is 0.658. The second-order valence-corrected chi connectivity index (χ2v) is 6.62. The predicted octanol–water partition coefficient (Wildman–Crippen LogP) is 4.19. The number of nitrogens with zero attached hydrogens (tertiary/aromatic N) is 2. The molecule has 4 nitrogen and oxygen atoms in total. The Morgan fingerprint density at radius 3 is 2.78 bits per heavy atom. The zero-order chi connectivity index (χ0) is 19.0. The number of nitrogens with one attached hydrogen (secondary N) is 1. The second-order valence-electron chi connectivity index (χ2n) is 6.62. The standard InChI is InChI=1S/C19H17F4N3O/c20-17-4-3-14(10-16(17)19(21,22)23)27-15-8-13(9-15)25-11-12-2-1-6-26-7-5-24-18(12)26/h1-7,10,13,15,25H,8-9,11H2/t13-,15+. The SMILES string of the molecule is Fc1ccc(O[C@H]2C[C@@H](NCc3cccn4ccnc34)C2)cc1C(F)(F)F. The molecule has 2 aromatic heterocycles. The van der Waals surface area contributed by atoms with E-state index in [1.807, 2.05) is 28.9 Å². The molecule has 8 heteroatoms. The van der Waals surface area contributed by atoms with Crippen LogP contribution >= 0.6 is 0 Å². The molecule has 0 amide bonds. The number of fused-ring (bicyclic) bond motifs is 1. The number of rotatable bonds is 5. The number of hydrogen-bond donors (Lipinski definition) is 1. The first-order valence-electron chi connectivity index (χ1n) is 8.57. The molecule has 1 fully saturated rings. The van der Waals surface area contributed by atoms with Crippen molar-refractivity contribution in [1.82, 2.24) is 14.7 Å². The van der Waals surface area contributed by atoms with E-state index in [1.54, 1.807) is 6.20 Å². The van der Waals surface area contributed by atoms with Crippen LogP contribution in [-0.2, 0) is 12.7 Å². The van der Waals surface area contributed by atoms with Crippen LogP contribution in [0.15, 0.2) is 48.9 Å². The molecule has 1 saturated carbocycles. The van der Waals surface area contributed by atoms with E-state index in [1.165, 1.54) is 6.07 Å². The van der Waals surface area contributed by atoms with Crippen LogP contribution < -0.4 is 10.1 Å². The van der Waals surface area contributed by atoms with Gasteiger partial charge in [0, 0.05) is 36.7 Å². The van der Waals surface area contributed by atoms with Gasteiger partial charge in [-0.3, -0.25) is 0 Å². The largest absolute Gasteiger partial charge is 0.490 e. The molecule has 27 heavy (non-hydrogen) atoms. The van der Waals surface area contributed by atoms with Gasteiger partial charge in [-0.15, -0.1) is 0 Å². The van der Waals surface area contributed by atoms with Crippen LogP contribution in [0.3, 0.4) is 0 Å². The number of imidazole rings is 1. The minimum absolute atomic E-state index is 0.0364. The molecular formula is C19H17F4N3O. The summed E-state index contributed by atoms with van der Waals surface area (Å²) in [4.78, 5) is 4.32. The van der Waals surface area contributed by atoms with Gasteiger partial charge in [-0.05, 0) is 37.1 Å². The molecular weight excluding hydrogens is 362 g/mol. The van der Waals surface area contributed by atoms with Crippen molar-refractivity contribution in [1.29, 1.82) is 0 Å². The lowest BCUT2D eigenvalue weighted by Crippen LogP contribution is -2.46. The topological polar surface area (TPSA) is 38.6 Å². The van der Waals surface area contributed by atoms with Gasteiger partial charge >= 0.3 is 6.18 Å². The summed E-state index contributed by atoms with van der Waals surface area (Å²) in [5.74, 6) is -1.26. The Labute approximate surface area is 152 Å². The molecule has 0 unspecified atom stereocenters. The molecule has 0 spiro atoms. The molecule has 2 heterocycles. The summed E-state index contributed by atoms with van der Waals surface area (Å²) in [6.07, 6.45) is 1.98. The molecule has 0 aliphatic heterocycles. The Morgan fingerprint density at radius 1 is 1.19 bits per heavy atom. The molecule has 0 bridgehead atoms. The first kappa shape index (κ1) is 17.8.